The molecule has 8 nitrogen and oxygen atoms in total. The summed E-state index contributed by atoms with van der Waals surface area (Å²) in [5.41, 5.74) is 1.25. The summed E-state index contributed by atoms with van der Waals surface area (Å²) in [6, 6.07) is 8.42. The van der Waals surface area contributed by atoms with Gasteiger partial charge in [0.25, 0.3) is 0 Å². The standard InChI is InChI=1S/C20H30N6O2/c1-4-21-20(22-12-11-15-5-8-17(28-3)9-6-15)23-16-7-10-19-24-18(14-27-2)25-26(19)13-16/h5-6,8-9,16H,4,7,10-14H2,1-3H3,(H2,21,22,23). The van der Waals surface area contributed by atoms with E-state index in [2.05, 4.69) is 39.8 Å². The number of ether oxygens (including phenoxy) is 2. The molecule has 1 aromatic carbocycles. The van der Waals surface area contributed by atoms with Crippen LogP contribution in [0.1, 0.15) is 30.6 Å². The lowest BCUT2D eigenvalue weighted by Gasteiger charge is -2.25. The summed E-state index contributed by atoms with van der Waals surface area (Å²) in [5, 5.41) is 11.4. The van der Waals surface area contributed by atoms with E-state index in [9.17, 15) is 0 Å². The van der Waals surface area contributed by atoms with E-state index >= 15 is 0 Å². The summed E-state index contributed by atoms with van der Waals surface area (Å²) in [6.07, 6.45) is 2.80. The molecule has 28 heavy (non-hydrogen) atoms. The Labute approximate surface area is 166 Å². The van der Waals surface area contributed by atoms with Crippen molar-refractivity contribution in [1.82, 2.24) is 25.4 Å². The lowest BCUT2D eigenvalue weighted by atomic mass is 10.1. The fourth-order valence-corrected chi connectivity index (χ4v) is 3.27. The van der Waals surface area contributed by atoms with E-state index in [4.69, 9.17) is 14.5 Å². The molecular formula is C20H30N6O2. The number of hydrogen-bond donors (Lipinski definition) is 2. The molecule has 1 aliphatic heterocycles. The van der Waals surface area contributed by atoms with Crippen molar-refractivity contribution >= 4 is 5.96 Å². The molecule has 0 aliphatic carbocycles. The molecule has 0 amide bonds. The second-order valence-corrected chi connectivity index (χ2v) is 6.80. The second kappa shape index (κ2) is 10.1. The molecule has 8 heteroatoms. The minimum absolute atomic E-state index is 0.281. The first kappa shape index (κ1) is 20.1. The number of rotatable bonds is 8. The Hall–Kier alpha value is -2.61. The monoisotopic (exact) mass is 386 g/mol. The van der Waals surface area contributed by atoms with Gasteiger partial charge in [0.1, 0.15) is 18.2 Å². The third-order valence-corrected chi connectivity index (χ3v) is 4.69. The Morgan fingerprint density at radius 3 is 2.82 bits per heavy atom. The zero-order chi connectivity index (χ0) is 19.8. The topological polar surface area (TPSA) is 85.6 Å². The van der Waals surface area contributed by atoms with Crippen LogP contribution < -0.4 is 15.4 Å². The highest BCUT2D eigenvalue weighted by atomic mass is 16.5. The number of guanidine groups is 1. The zero-order valence-corrected chi connectivity index (χ0v) is 16.9. The highest BCUT2D eigenvalue weighted by Crippen LogP contribution is 2.14. The molecule has 1 atom stereocenters. The quantitative estimate of drug-likeness (QED) is 0.529. The van der Waals surface area contributed by atoms with Gasteiger partial charge in [0, 0.05) is 32.7 Å². The average Bonchev–Trinajstić information content (AvgIpc) is 3.10. The van der Waals surface area contributed by atoms with Gasteiger partial charge in [-0.25, -0.2) is 9.67 Å². The van der Waals surface area contributed by atoms with Crippen LogP contribution in [0.5, 0.6) is 5.75 Å². The Balaban J connectivity index is 1.55. The van der Waals surface area contributed by atoms with Crippen LogP contribution in [0.3, 0.4) is 0 Å². The van der Waals surface area contributed by atoms with Crippen LogP contribution in [0.25, 0.3) is 0 Å². The maximum absolute atomic E-state index is 5.20. The van der Waals surface area contributed by atoms with Crippen LogP contribution in [0.2, 0.25) is 0 Å². The number of hydrogen-bond acceptors (Lipinski definition) is 5. The lowest BCUT2D eigenvalue weighted by Crippen LogP contribution is -2.47. The first-order valence-electron chi connectivity index (χ1n) is 9.81. The van der Waals surface area contributed by atoms with E-state index in [1.54, 1.807) is 14.2 Å². The number of nitrogens with zero attached hydrogens (tertiary/aromatic N) is 4. The van der Waals surface area contributed by atoms with Gasteiger partial charge >= 0.3 is 0 Å². The normalized spacial score (nSPS) is 16.5. The largest absolute Gasteiger partial charge is 0.497 e. The van der Waals surface area contributed by atoms with E-state index in [1.807, 2.05) is 16.8 Å². The fraction of sp³-hybridized carbons (Fsp3) is 0.550. The van der Waals surface area contributed by atoms with Gasteiger partial charge < -0.3 is 20.1 Å². The van der Waals surface area contributed by atoms with Crippen LogP contribution in [-0.2, 0) is 30.7 Å². The minimum Gasteiger partial charge on any atom is -0.497 e. The SMILES string of the molecule is CCNC(=NCCc1ccc(OC)cc1)NC1CCc2nc(COC)nn2C1. The third kappa shape index (κ3) is 5.45. The Bertz CT molecular complexity index is 772. The van der Waals surface area contributed by atoms with E-state index < -0.39 is 0 Å². The van der Waals surface area contributed by atoms with E-state index in [0.717, 1.165) is 62.3 Å². The lowest BCUT2D eigenvalue weighted by molar-refractivity contribution is 0.177. The number of aryl methyl sites for hydroxylation is 1. The smallest absolute Gasteiger partial charge is 0.191 e. The van der Waals surface area contributed by atoms with Gasteiger partial charge in [-0.2, -0.15) is 5.10 Å². The van der Waals surface area contributed by atoms with Crippen molar-refractivity contribution in [3.8, 4) is 5.75 Å². The van der Waals surface area contributed by atoms with Crippen molar-refractivity contribution in [2.24, 2.45) is 4.99 Å². The number of benzene rings is 1. The molecule has 0 fully saturated rings. The molecule has 2 aromatic rings. The van der Waals surface area contributed by atoms with Crippen LogP contribution in [0.4, 0.5) is 0 Å². The molecule has 3 rings (SSSR count). The van der Waals surface area contributed by atoms with E-state index in [0.29, 0.717) is 6.61 Å². The van der Waals surface area contributed by atoms with Gasteiger partial charge in [-0.3, -0.25) is 4.99 Å². The summed E-state index contributed by atoms with van der Waals surface area (Å²) < 4.78 is 12.3. The van der Waals surface area contributed by atoms with Crippen molar-refractivity contribution in [3.63, 3.8) is 0 Å². The predicted octanol–water partition coefficient (Wildman–Crippen LogP) is 1.55. The number of nitrogens with one attached hydrogen (secondary N) is 2. The van der Waals surface area contributed by atoms with Crippen LogP contribution >= 0.6 is 0 Å². The molecule has 0 radical (unpaired) electrons. The van der Waals surface area contributed by atoms with E-state index in [-0.39, 0.29) is 6.04 Å². The first-order chi connectivity index (χ1) is 13.7. The van der Waals surface area contributed by atoms with Crippen molar-refractivity contribution in [1.29, 1.82) is 0 Å². The van der Waals surface area contributed by atoms with Crippen LogP contribution in [0.15, 0.2) is 29.3 Å². The van der Waals surface area contributed by atoms with Gasteiger partial charge in [-0.1, -0.05) is 12.1 Å². The van der Waals surface area contributed by atoms with Gasteiger partial charge in [0.2, 0.25) is 0 Å². The molecule has 2 heterocycles. The summed E-state index contributed by atoms with van der Waals surface area (Å²) in [6.45, 7) is 4.87. The third-order valence-electron chi connectivity index (χ3n) is 4.69. The van der Waals surface area contributed by atoms with Gasteiger partial charge in [-0.15, -0.1) is 0 Å². The Morgan fingerprint density at radius 1 is 1.29 bits per heavy atom. The zero-order valence-electron chi connectivity index (χ0n) is 16.9. The summed E-state index contributed by atoms with van der Waals surface area (Å²) in [7, 11) is 3.34. The highest BCUT2D eigenvalue weighted by Gasteiger charge is 2.22. The summed E-state index contributed by atoms with van der Waals surface area (Å²) in [5.74, 6) is 3.51. The van der Waals surface area contributed by atoms with Crippen molar-refractivity contribution in [2.45, 2.75) is 45.4 Å². The van der Waals surface area contributed by atoms with Gasteiger partial charge in [0.05, 0.1) is 13.7 Å². The molecular weight excluding hydrogens is 356 g/mol. The number of aromatic nitrogens is 3. The van der Waals surface area contributed by atoms with Gasteiger partial charge in [-0.05, 0) is 37.5 Å². The first-order valence-corrected chi connectivity index (χ1v) is 9.81. The van der Waals surface area contributed by atoms with Crippen molar-refractivity contribution in [3.05, 3.63) is 41.5 Å². The number of aliphatic imine (C=N–C) groups is 1. The molecule has 0 spiro atoms. The maximum atomic E-state index is 5.20. The molecule has 0 saturated carbocycles. The number of fused-ring (bicyclic) bond motifs is 1. The molecule has 0 saturated heterocycles. The van der Waals surface area contributed by atoms with Crippen molar-refractivity contribution in [2.75, 3.05) is 27.3 Å². The predicted molar refractivity (Wildman–Crippen MR) is 109 cm³/mol. The molecule has 1 unspecified atom stereocenters. The molecule has 2 N–H and O–H groups in total. The Kier molecular flexibility index (Phi) is 7.25. The van der Waals surface area contributed by atoms with E-state index in [1.165, 1.54) is 5.56 Å². The Morgan fingerprint density at radius 2 is 2.11 bits per heavy atom. The van der Waals surface area contributed by atoms with Gasteiger partial charge in [0.15, 0.2) is 11.8 Å². The second-order valence-electron chi connectivity index (χ2n) is 6.80. The molecule has 1 aromatic heterocycles. The average molecular weight is 387 g/mol. The van der Waals surface area contributed by atoms with Crippen LogP contribution in [-0.4, -0.2) is 54.1 Å². The van der Waals surface area contributed by atoms with Crippen LogP contribution in [0, 0.1) is 0 Å². The number of methoxy groups -OCH3 is 2. The maximum Gasteiger partial charge on any atom is 0.191 e. The molecule has 0 bridgehead atoms. The summed E-state index contributed by atoms with van der Waals surface area (Å²) >= 11 is 0. The minimum atomic E-state index is 0.281. The highest BCUT2D eigenvalue weighted by molar-refractivity contribution is 5.80. The fourth-order valence-electron chi connectivity index (χ4n) is 3.27. The van der Waals surface area contributed by atoms with Crippen molar-refractivity contribution < 1.29 is 9.47 Å². The molecule has 1 aliphatic rings. The molecule has 152 valence electrons. The summed E-state index contributed by atoms with van der Waals surface area (Å²) in [4.78, 5) is 9.26.